The summed E-state index contributed by atoms with van der Waals surface area (Å²) in [5.74, 6) is 0. The maximum absolute atomic E-state index is 4.55. The third-order valence-electron chi connectivity index (χ3n) is 3.73. The van der Waals surface area contributed by atoms with Crippen molar-refractivity contribution in [2.75, 3.05) is 0 Å². The molecule has 100 valence electrons. The van der Waals surface area contributed by atoms with Crippen molar-refractivity contribution in [3.63, 3.8) is 0 Å². The van der Waals surface area contributed by atoms with Crippen molar-refractivity contribution in [2.45, 2.75) is 0 Å². The van der Waals surface area contributed by atoms with Crippen LogP contribution in [0.2, 0.25) is 0 Å². The van der Waals surface area contributed by atoms with Crippen LogP contribution in [0.25, 0.3) is 33.3 Å². The Labute approximate surface area is 123 Å². The minimum Gasteiger partial charge on any atom is -0.359 e. The van der Waals surface area contributed by atoms with Crippen LogP contribution < -0.4 is 0 Å². The first-order valence-corrected chi connectivity index (χ1v) is 7.00. The number of nitrogens with zero attached hydrogens (tertiary/aromatic N) is 1. The number of H-pyrrole nitrogens is 1. The molecule has 2 aromatic carbocycles. The maximum Gasteiger partial charge on any atom is 0.0942 e. The molecule has 2 nitrogen and oxygen atoms in total. The predicted octanol–water partition coefficient (Wildman–Crippen LogP) is 4.90. The molecule has 2 heteroatoms. The van der Waals surface area contributed by atoms with Crippen LogP contribution in [0.15, 0.2) is 79.1 Å². The van der Waals surface area contributed by atoms with Gasteiger partial charge in [0.1, 0.15) is 0 Å². The smallest absolute Gasteiger partial charge is 0.0942 e. The van der Waals surface area contributed by atoms with Crippen molar-refractivity contribution in [3.05, 3.63) is 79.1 Å². The van der Waals surface area contributed by atoms with Gasteiger partial charge in [-0.25, -0.2) is 0 Å². The number of benzene rings is 2. The van der Waals surface area contributed by atoms with Gasteiger partial charge in [-0.2, -0.15) is 0 Å². The molecule has 0 saturated heterocycles. The van der Waals surface area contributed by atoms with E-state index in [0.717, 1.165) is 16.8 Å². The topological polar surface area (TPSA) is 28.7 Å². The molecule has 2 aromatic heterocycles. The molecule has 4 aromatic rings. The molecule has 0 spiro atoms. The Morgan fingerprint density at radius 1 is 0.714 bits per heavy atom. The van der Waals surface area contributed by atoms with E-state index in [4.69, 9.17) is 0 Å². The molecule has 4 rings (SSSR count). The highest BCUT2D eigenvalue weighted by atomic mass is 14.8. The summed E-state index contributed by atoms with van der Waals surface area (Å²) >= 11 is 0. The van der Waals surface area contributed by atoms with E-state index in [2.05, 4.69) is 58.6 Å². The molecular weight excluding hydrogens is 256 g/mol. The lowest BCUT2D eigenvalue weighted by molar-refractivity contribution is 1.33. The first kappa shape index (κ1) is 11.9. The van der Waals surface area contributed by atoms with Gasteiger partial charge in [-0.1, -0.05) is 60.7 Å². The molecular formula is C19H14N2. The summed E-state index contributed by atoms with van der Waals surface area (Å²) < 4.78 is 0. The molecule has 0 radical (unpaired) electrons. The third-order valence-corrected chi connectivity index (χ3v) is 3.73. The minimum atomic E-state index is 0.996. The predicted molar refractivity (Wildman–Crippen MR) is 87.0 cm³/mol. The molecule has 0 aliphatic carbocycles. The molecule has 0 aliphatic heterocycles. The number of nitrogens with one attached hydrogen (secondary N) is 1. The van der Waals surface area contributed by atoms with Crippen molar-refractivity contribution in [2.24, 2.45) is 0 Å². The van der Waals surface area contributed by atoms with Crippen LogP contribution in [0.4, 0.5) is 0 Å². The first-order valence-electron chi connectivity index (χ1n) is 7.00. The Morgan fingerprint density at radius 3 is 2.10 bits per heavy atom. The van der Waals surface area contributed by atoms with Gasteiger partial charge >= 0.3 is 0 Å². The van der Waals surface area contributed by atoms with Gasteiger partial charge in [-0.15, -0.1) is 0 Å². The number of aromatic amines is 1. The quantitative estimate of drug-likeness (QED) is 0.551. The van der Waals surface area contributed by atoms with Crippen molar-refractivity contribution in [1.82, 2.24) is 9.97 Å². The van der Waals surface area contributed by atoms with Gasteiger partial charge in [0.2, 0.25) is 0 Å². The average Bonchev–Trinajstić information content (AvgIpc) is 3.00. The normalized spacial score (nSPS) is 10.9. The Hall–Kier alpha value is -2.87. The Bertz CT molecular complexity index is 877. The van der Waals surface area contributed by atoms with E-state index in [1.807, 2.05) is 30.5 Å². The largest absolute Gasteiger partial charge is 0.359 e. The van der Waals surface area contributed by atoms with E-state index in [0.29, 0.717) is 0 Å². The number of rotatable bonds is 2. The lowest BCUT2D eigenvalue weighted by atomic mass is 10.0. The van der Waals surface area contributed by atoms with Gasteiger partial charge < -0.3 is 4.98 Å². The zero-order valence-electron chi connectivity index (χ0n) is 11.5. The molecule has 0 bridgehead atoms. The van der Waals surface area contributed by atoms with Gasteiger partial charge in [0.05, 0.1) is 11.2 Å². The third kappa shape index (κ3) is 2.01. The molecule has 0 amide bonds. The summed E-state index contributed by atoms with van der Waals surface area (Å²) in [6.07, 6.45) is 3.94. The zero-order valence-corrected chi connectivity index (χ0v) is 11.5. The van der Waals surface area contributed by atoms with Crippen LogP contribution in [0, 0.1) is 0 Å². The summed E-state index contributed by atoms with van der Waals surface area (Å²) in [4.78, 5) is 7.94. The van der Waals surface area contributed by atoms with Crippen molar-refractivity contribution < 1.29 is 0 Å². The molecule has 0 unspecified atom stereocenters. The average molecular weight is 270 g/mol. The first-order chi connectivity index (χ1) is 10.4. The van der Waals surface area contributed by atoms with E-state index in [9.17, 15) is 0 Å². The van der Waals surface area contributed by atoms with Gasteiger partial charge in [0, 0.05) is 28.9 Å². The fraction of sp³-hybridized carbons (Fsp3) is 0. The van der Waals surface area contributed by atoms with Crippen LogP contribution >= 0.6 is 0 Å². The lowest BCUT2D eigenvalue weighted by Gasteiger charge is -2.03. The molecule has 0 aliphatic rings. The summed E-state index contributed by atoms with van der Waals surface area (Å²) in [7, 11) is 0. The Kier molecular flexibility index (Phi) is 2.79. The molecule has 0 saturated carbocycles. The molecule has 0 atom stereocenters. The lowest BCUT2D eigenvalue weighted by Crippen LogP contribution is -1.84. The Balaban J connectivity index is 1.96. The number of hydrogen-bond acceptors (Lipinski definition) is 1. The zero-order chi connectivity index (χ0) is 14.1. The van der Waals surface area contributed by atoms with Crippen LogP contribution in [0.3, 0.4) is 0 Å². The molecule has 1 N–H and O–H groups in total. The summed E-state index contributed by atoms with van der Waals surface area (Å²) in [5.41, 5.74) is 5.64. The monoisotopic (exact) mass is 270 g/mol. The molecule has 0 fully saturated rings. The van der Waals surface area contributed by atoms with Gasteiger partial charge in [0.15, 0.2) is 0 Å². The highest BCUT2D eigenvalue weighted by Crippen LogP contribution is 2.32. The van der Waals surface area contributed by atoms with Crippen molar-refractivity contribution >= 4 is 10.9 Å². The second kappa shape index (κ2) is 4.91. The van der Waals surface area contributed by atoms with E-state index >= 15 is 0 Å². The Morgan fingerprint density at radius 2 is 1.38 bits per heavy atom. The van der Waals surface area contributed by atoms with Crippen LogP contribution in [0.1, 0.15) is 0 Å². The maximum atomic E-state index is 4.55. The van der Waals surface area contributed by atoms with E-state index in [1.165, 1.54) is 16.5 Å². The SMILES string of the molecule is c1ccc(-c2c[nH]c3c(-c4ccccc4)nccc23)cc1. The van der Waals surface area contributed by atoms with E-state index < -0.39 is 0 Å². The standard InChI is InChI=1S/C19H14N2/c1-3-7-14(8-4-1)17-13-21-19-16(17)11-12-20-18(19)15-9-5-2-6-10-15/h1-13,21H. The number of aromatic nitrogens is 2. The molecule has 2 heterocycles. The summed E-state index contributed by atoms with van der Waals surface area (Å²) in [6.45, 7) is 0. The minimum absolute atomic E-state index is 0.996. The van der Waals surface area contributed by atoms with Crippen LogP contribution in [-0.4, -0.2) is 9.97 Å². The van der Waals surface area contributed by atoms with Gasteiger partial charge in [-0.3, -0.25) is 4.98 Å². The van der Waals surface area contributed by atoms with E-state index in [-0.39, 0.29) is 0 Å². The number of fused-ring (bicyclic) bond motifs is 1. The number of hydrogen-bond donors (Lipinski definition) is 1. The highest BCUT2D eigenvalue weighted by molar-refractivity contribution is 6.01. The van der Waals surface area contributed by atoms with Crippen molar-refractivity contribution in [3.8, 4) is 22.4 Å². The van der Waals surface area contributed by atoms with Crippen LogP contribution in [-0.2, 0) is 0 Å². The number of pyridine rings is 1. The van der Waals surface area contributed by atoms with Gasteiger partial charge in [-0.05, 0) is 11.6 Å². The highest BCUT2D eigenvalue weighted by Gasteiger charge is 2.10. The van der Waals surface area contributed by atoms with Crippen molar-refractivity contribution in [1.29, 1.82) is 0 Å². The fourth-order valence-corrected chi connectivity index (χ4v) is 2.73. The summed E-state index contributed by atoms with van der Waals surface area (Å²) in [5, 5.41) is 1.20. The molecule has 21 heavy (non-hydrogen) atoms. The van der Waals surface area contributed by atoms with E-state index in [1.54, 1.807) is 0 Å². The second-order valence-corrected chi connectivity index (χ2v) is 5.02. The van der Waals surface area contributed by atoms with Crippen LogP contribution in [0.5, 0.6) is 0 Å². The van der Waals surface area contributed by atoms with Gasteiger partial charge in [0.25, 0.3) is 0 Å². The fourth-order valence-electron chi connectivity index (χ4n) is 2.73. The summed E-state index contributed by atoms with van der Waals surface area (Å²) in [6, 6.07) is 22.8. The second-order valence-electron chi connectivity index (χ2n) is 5.02.